The zero-order chi connectivity index (χ0) is 7.56. The van der Waals surface area contributed by atoms with Crippen LogP contribution in [-0.4, -0.2) is 11.5 Å². The van der Waals surface area contributed by atoms with Crippen molar-refractivity contribution in [1.29, 1.82) is 5.41 Å². The molecule has 0 saturated heterocycles. The van der Waals surface area contributed by atoms with E-state index in [1.165, 1.54) is 6.20 Å². The number of allylic oxidation sites excluding steroid dienone is 1. The summed E-state index contributed by atoms with van der Waals surface area (Å²) in [4.78, 5) is 10.8. The molecule has 3 heteroatoms. The number of rotatable bonds is 0. The zero-order valence-electron chi connectivity index (χ0n) is 5.68. The predicted octanol–water partition coefficient (Wildman–Crippen LogP) is 0.602. The summed E-state index contributed by atoms with van der Waals surface area (Å²) in [6.07, 6.45) is 3.49. The van der Waals surface area contributed by atoms with Gasteiger partial charge in [-0.05, 0) is 24.6 Å². The van der Waals surface area contributed by atoms with Gasteiger partial charge in [0.2, 0.25) is 0 Å². The van der Waals surface area contributed by atoms with Gasteiger partial charge in [-0.2, -0.15) is 0 Å². The Morgan fingerprint density at radius 2 is 2.20 bits per heavy atom. The number of hydrogen-bond acceptors (Lipinski definition) is 3. The van der Waals surface area contributed by atoms with Crippen molar-refractivity contribution in [3.8, 4) is 0 Å². The summed E-state index contributed by atoms with van der Waals surface area (Å²) in [6.45, 7) is 0. The molecule has 1 aliphatic carbocycles. The van der Waals surface area contributed by atoms with Gasteiger partial charge in [0, 0.05) is 6.42 Å². The van der Waals surface area contributed by atoms with Crippen LogP contribution in [0.25, 0.3) is 0 Å². The Morgan fingerprint density at radius 1 is 1.50 bits per heavy atom. The lowest BCUT2D eigenvalue weighted by Gasteiger charge is -2.12. The van der Waals surface area contributed by atoms with Gasteiger partial charge in [-0.3, -0.25) is 10.2 Å². The molecule has 0 aliphatic heterocycles. The first-order chi connectivity index (χ1) is 4.75. The molecular formula is C7H10N2O. The van der Waals surface area contributed by atoms with E-state index in [0.717, 1.165) is 12.8 Å². The second-order valence-corrected chi connectivity index (χ2v) is 2.34. The van der Waals surface area contributed by atoms with E-state index in [1.807, 2.05) is 0 Å². The van der Waals surface area contributed by atoms with Crippen LogP contribution in [0.15, 0.2) is 11.8 Å². The molecule has 54 valence electrons. The van der Waals surface area contributed by atoms with Crippen LogP contribution in [0, 0.1) is 5.41 Å². The number of hydrogen-bond donors (Lipinski definition) is 2. The van der Waals surface area contributed by atoms with Crippen molar-refractivity contribution in [1.82, 2.24) is 0 Å². The maximum atomic E-state index is 10.8. The van der Waals surface area contributed by atoms with E-state index in [-0.39, 0.29) is 11.5 Å². The number of Topliss-reactive ketones (excluding diaryl/α,β-unsaturated/α-hetero) is 1. The third-order valence-electron chi connectivity index (χ3n) is 1.65. The highest BCUT2D eigenvalue weighted by molar-refractivity contribution is 6.45. The number of nitrogens with one attached hydrogen (secondary N) is 1. The van der Waals surface area contributed by atoms with Crippen molar-refractivity contribution in [3.05, 3.63) is 11.8 Å². The summed E-state index contributed by atoms with van der Waals surface area (Å²) >= 11 is 0. The third-order valence-corrected chi connectivity index (χ3v) is 1.65. The minimum atomic E-state index is -0.0806. The second kappa shape index (κ2) is 2.64. The molecule has 1 saturated carbocycles. The molecule has 0 aromatic carbocycles. The number of nitrogens with two attached hydrogens (primary N) is 1. The molecule has 10 heavy (non-hydrogen) atoms. The Labute approximate surface area is 59.4 Å². The SMILES string of the molecule is N=C1C(=O)CCCC1=CN. The first kappa shape index (κ1) is 6.99. The number of carbonyl (C=O) groups is 1. The van der Waals surface area contributed by atoms with E-state index < -0.39 is 0 Å². The molecule has 0 aromatic heterocycles. The summed E-state index contributed by atoms with van der Waals surface area (Å²) in [5.41, 5.74) is 6.00. The topological polar surface area (TPSA) is 66.9 Å². The summed E-state index contributed by atoms with van der Waals surface area (Å²) in [7, 11) is 0. The Morgan fingerprint density at radius 3 is 2.70 bits per heavy atom. The predicted molar refractivity (Wildman–Crippen MR) is 38.9 cm³/mol. The highest BCUT2D eigenvalue weighted by Gasteiger charge is 2.18. The summed E-state index contributed by atoms with van der Waals surface area (Å²) in [6, 6.07) is 0. The Balaban J connectivity index is 2.79. The van der Waals surface area contributed by atoms with Gasteiger partial charge in [0.15, 0.2) is 5.78 Å². The molecule has 3 nitrogen and oxygen atoms in total. The van der Waals surface area contributed by atoms with E-state index in [9.17, 15) is 4.79 Å². The van der Waals surface area contributed by atoms with E-state index in [2.05, 4.69) is 0 Å². The fourth-order valence-corrected chi connectivity index (χ4v) is 1.04. The zero-order valence-corrected chi connectivity index (χ0v) is 5.68. The van der Waals surface area contributed by atoms with Gasteiger partial charge in [0.1, 0.15) is 5.71 Å². The fourth-order valence-electron chi connectivity index (χ4n) is 1.04. The highest BCUT2D eigenvalue weighted by atomic mass is 16.1. The minimum absolute atomic E-state index is 0.0806. The van der Waals surface area contributed by atoms with Crippen molar-refractivity contribution in [3.63, 3.8) is 0 Å². The lowest BCUT2D eigenvalue weighted by molar-refractivity contribution is -0.113. The minimum Gasteiger partial charge on any atom is -0.404 e. The first-order valence-corrected chi connectivity index (χ1v) is 3.28. The van der Waals surface area contributed by atoms with Gasteiger partial charge < -0.3 is 5.73 Å². The fraction of sp³-hybridized carbons (Fsp3) is 0.429. The van der Waals surface area contributed by atoms with Crippen molar-refractivity contribution >= 4 is 11.5 Å². The van der Waals surface area contributed by atoms with Gasteiger partial charge in [0.05, 0.1) is 0 Å². The Kier molecular flexibility index (Phi) is 1.85. The molecule has 0 spiro atoms. The first-order valence-electron chi connectivity index (χ1n) is 3.28. The van der Waals surface area contributed by atoms with Crippen LogP contribution in [0.2, 0.25) is 0 Å². The smallest absolute Gasteiger partial charge is 0.180 e. The van der Waals surface area contributed by atoms with Crippen molar-refractivity contribution < 1.29 is 4.79 Å². The van der Waals surface area contributed by atoms with Crippen molar-refractivity contribution in [2.75, 3.05) is 0 Å². The van der Waals surface area contributed by atoms with Crippen LogP contribution >= 0.6 is 0 Å². The van der Waals surface area contributed by atoms with E-state index in [4.69, 9.17) is 11.1 Å². The average molecular weight is 138 g/mol. The van der Waals surface area contributed by atoms with E-state index in [1.54, 1.807) is 0 Å². The molecule has 0 unspecified atom stereocenters. The molecule has 1 rings (SSSR count). The van der Waals surface area contributed by atoms with Crippen LogP contribution in [-0.2, 0) is 4.79 Å². The van der Waals surface area contributed by atoms with Crippen LogP contribution in [0.1, 0.15) is 19.3 Å². The van der Waals surface area contributed by atoms with Gasteiger partial charge in [-0.25, -0.2) is 0 Å². The summed E-state index contributed by atoms with van der Waals surface area (Å²) < 4.78 is 0. The lowest BCUT2D eigenvalue weighted by Crippen LogP contribution is -2.20. The third kappa shape index (κ3) is 1.07. The van der Waals surface area contributed by atoms with Crippen LogP contribution in [0.4, 0.5) is 0 Å². The van der Waals surface area contributed by atoms with Crippen molar-refractivity contribution in [2.45, 2.75) is 19.3 Å². The molecule has 0 bridgehead atoms. The quantitative estimate of drug-likeness (QED) is 0.514. The lowest BCUT2D eigenvalue weighted by atomic mass is 9.93. The molecule has 0 radical (unpaired) electrons. The molecule has 1 aliphatic rings. The van der Waals surface area contributed by atoms with E-state index >= 15 is 0 Å². The molecule has 3 N–H and O–H groups in total. The highest BCUT2D eigenvalue weighted by Crippen LogP contribution is 2.15. The van der Waals surface area contributed by atoms with Crippen LogP contribution < -0.4 is 5.73 Å². The Hall–Kier alpha value is -1.12. The standard InChI is InChI=1S/C7H10N2O/c8-4-5-2-1-3-6(10)7(5)9/h4,9H,1-3,8H2. The summed E-state index contributed by atoms with van der Waals surface area (Å²) in [5, 5.41) is 7.25. The average Bonchev–Trinajstić information content (AvgIpc) is 1.95. The maximum absolute atomic E-state index is 10.8. The molecule has 0 atom stereocenters. The van der Waals surface area contributed by atoms with E-state index in [0.29, 0.717) is 12.0 Å². The largest absolute Gasteiger partial charge is 0.404 e. The molecule has 1 fully saturated rings. The summed E-state index contributed by atoms with van der Waals surface area (Å²) in [5.74, 6) is -0.0806. The monoisotopic (exact) mass is 138 g/mol. The number of ketones is 1. The molecule has 0 heterocycles. The maximum Gasteiger partial charge on any atom is 0.180 e. The van der Waals surface area contributed by atoms with Crippen LogP contribution in [0.5, 0.6) is 0 Å². The van der Waals surface area contributed by atoms with Gasteiger partial charge in [-0.15, -0.1) is 0 Å². The molecule has 0 amide bonds. The van der Waals surface area contributed by atoms with Gasteiger partial charge >= 0.3 is 0 Å². The van der Waals surface area contributed by atoms with Gasteiger partial charge in [0.25, 0.3) is 0 Å². The molecule has 0 aromatic rings. The number of carbonyl (C=O) groups excluding carboxylic acids is 1. The second-order valence-electron chi connectivity index (χ2n) is 2.34. The van der Waals surface area contributed by atoms with Crippen LogP contribution in [0.3, 0.4) is 0 Å². The normalized spacial score (nSPS) is 23.8. The Bertz CT molecular complexity index is 206. The van der Waals surface area contributed by atoms with Crippen molar-refractivity contribution in [2.24, 2.45) is 5.73 Å². The molecular weight excluding hydrogens is 128 g/mol. The van der Waals surface area contributed by atoms with Gasteiger partial charge in [-0.1, -0.05) is 0 Å².